The summed E-state index contributed by atoms with van der Waals surface area (Å²) in [5.74, 6) is 0.514. The Morgan fingerprint density at radius 2 is 1.77 bits per heavy atom. The lowest BCUT2D eigenvalue weighted by Gasteiger charge is -2.31. The molecule has 1 N–H and O–H groups in total. The lowest BCUT2D eigenvalue weighted by atomic mass is 9.93. The fourth-order valence-electron chi connectivity index (χ4n) is 4.08. The van der Waals surface area contributed by atoms with Crippen molar-refractivity contribution in [1.82, 2.24) is 14.5 Å². The summed E-state index contributed by atoms with van der Waals surface area (Å²) in [6.07, 6.45) is 3.94. The maximum Gasteiger partial charge on any atom is 0.243 e. The van der Waals surface area contributed by atoms with Crippen LogP contribution in [0.2, 0.25) is 0 Å². The number of hydrogen-bond donors (Lipinski definition) is 1. The molecule has 1 amide bonds. The van der Waals surface area contributed by atoms with E-state index < -0.39 is 10.0 Å². The van der Waals surface area contributed by atoms with Crippen molar-refractivity contribution in [3.63, 3.8) is 0 Å². The van der Waals surface area contributed by atoms with Crippen LogP contribution in [0.25, 0.3) is 0 Å². The molecule has 0 aromatic heterocycles. The second-order valence-electron chi connectivity index (χ2n) is 8.36. The molecule has 0 spiro atoms. The molecular weight excluding hydrogens is 402 g/mol. The Morgan fingerprint density at radius 1 is 1.10 bits per heavy atom. The molecule has 1 aromatic carbocycles. The van der Waals surface area contributed by atoms with Gasteiger partial charge in [0.15, 0.2) is 0 Å². The number of hydrogen-bond acceptors (Lipinski definition) is 5. The summed E-state index contributed by atoms with van der Waals surface area (Å²) < 4.78 is 32.5. The van der Waals surface area contributed by atoms with Gasteiger partial charge in [-0.05, 0) is 57.2 Å². The van der Waals surface area contributed by atoms with Crippen molar-refractivity contribution in [2.45, 2.75) is 43.9 Å². The van der Waals surface area contributed by atoms with Crippen molar-refractivity contribution in [3.05, 3.63) is 29.8 Å². The molecular formula is C22H35N3O4S. The van der Waals surface area contributed by atoms with E-state index in [1.54, 1.807) is 16.4 Å². The Hall–Kier alpha value is -1.48. The highest BCUT2D eigenvalue weighted by Crippen LogP contribution is 2.26. The third-order valence-corrected chi connectivity index (χ3v) is 8.00. The van der Waals surface area contributed by atoms with E-state index in [2.05, 4.69) is 10.2 Å². The predicted molar refractivity (Wildman–Crippen MR) is 117 cm³/mol. The Labute approximate surface area is 180 Å². The molecule has 0 aliphatic carbocycles. The van der Waals surface area contributed by atoms with Crippen LogP contribution in [0.1, 0.15) is 37.7 Å². The Balaban J connectivity index is 1.31. The molecule has 2 fully saturated rings. The van der Waals surface area contributed by atoms with Crippen molar-refractivity contribution in [2.75, 3.05) is 52.5 Å². The third-order valence-electron chi connectivity index (χ3n) is 6.09. The average Bonchev–Trinajstić information content (AvgIpc) is 2.76. The summed E-state index contributed by atoms with van der Waals surface area (Å²) in [6, 6.07) is 7.03. The highest BCUT2D eigenvalue weighted by molar-refractivity contribution is 7.89. The van der Waals surface area contributed by atoms with Crippen LogP contribution in [-0.2, 0) is 19.6 Å². The van der Waals surface area contributed by atoms with Crippen molar-refractivity contribution >= 4 is 15.9 Å². The van der Waals surface area contributed by atoms with Crippen LogP contribution in [0.5, 0.6) is 0 Å². The SMILES string of the molecule is Cc1ccc(S(=O)(=O)N2CCC(CCC(=O)NCCCN3CCOCC3)CC2)cc1. The van der Waals surface area contributed by atoms with Crippen LogP contribution >= 0.6 is 0 Å². The standard InChI is InChI=1S/C22H35N3O4S/c1-19-3-6-21(7-4-19)30(27,28)25-13-9-20(10-14-25)5-8-22(26)23-11-2-12-24-15-17-29-18-16-24/h3-4,6-7,20H,2,5,8-18H2,1H3,(H,23,26). The second-order valence-corrected chi connectivity index (χ2v) is 10.3. The van der Waals surface area contributed by atoms with Gasteiger partial charge < -0.3 is 10.1 Å². The highest BCUT2D eigenvalue weighted by Gasteiger charge is 2.29. The first-order chi connectivity index (χ1) is 14.4. The van der Waals surface area contributed by atoms with Crippen LogP contribution in [-0.4, -0.2) is 76.0 Å². The number of rotatable bonds is 9. The predicted octanol–water partition coefficient (Wildman–Crippen LogP) is 2.01. The summed E-state index contributed by atoms with van der Waals surface area (Å²) >= 11 is 0. The van der Waals surface area contributed by atoms with Gasteiger partial charge >= 0.3 is 0 Å². The van der Waals surface area contributed by atoms with E-state index >= 15 is 0 Å². The van der Waals surface area contributed by atoms with Gasteiger partial charge in [-0.3, -0.25) is 9.69 Å². The van der Waals surface area contributed by atoms with E-state index in [0.29, 0.717) is 36.9 Å². The van der Waals surface area contributed by atoms with Crippen molar-refractivity contribution in [2.24, 2.45) is 5.92 Å². The first-order valence-corrected chi connectivity index (χ1v) is 12.5. The highest BCUT2D eigenvalue weighted by atomic mass is 32.2. The van der Waals surface area contributed by atoms with Gasteiger partial charge in [-0.2, -0.15) is 4.31 Å². The number of nitrogens with zero attached hydrogens (tertiary/aromatic N) is 2. The maximum atomic E-state index is 12.8. The fourth-order valence-corrected chi connectivity index (χ4v) is 5.55. The summed E-state index contributed by atoms with van der Waals surface area (Å²) in [4.78, 5) is 14.9. The largest absolute Gasteiger partial charge is 0.379 e. The molecule has 2 saturated heterocycles. The minimum absolute atomic E-state index is 0.103. The molecule has 3 rings (SSSR count). The molecule has 0 radical (unpaired) electrons. The van der Waals surface area contributed by atoms with Gasteiger partial charge in [-0.25, -0.2) is 8.42 Å². The Morgan fingerprint density at radius 3 is 2.43 bits per heavy atom. The molecule has 0 atom stereocenters. The van der Waals surface area contributed by atoms with Crippen molar-refractivity contribution < 1.29 is 17.9 Å². The van der Waals surface area contributed by atoms with Gasteiger partial charge in [0.1, 0.15) is 0 Å². The molecule has 30 heavy (non-hydrogen) atoms. The van der Waals surface area contributed by atoms with Crippen LogP contribution in [0.4, 0.5) is 0 Å². The first kappa shape index (κ1) is 23.2. The number of carbonyl (C=O) groups excluding carboxylic acids is 1. The van der Waals surface area contributed by atoms with Crippen molar-refractivity contribution in [3.8, 4) is 0 Å². The van der Waals surface area contributed by atoms with E-state index in [0.717, 1.165) is 64.1 Å². The lowest BCUT2D eigenvalue weighted by Crippen LogP contribution is -2.39. The van der Waals surface area contributed by atoms with Gasteiger partial charge in [0, 0.05) is 39.1 Å². The summed E-state index contributed by atoms with van der Waals surface area (Å²) in [5, 5.41) is 3.02. The number of ether oxygens (including phenoxy) is 1. The number of morpholine rings is 1. The zero-order valence-electron chi connectivity index (χ0n) is 18.0. The molecule has 8 heteroatoms. The van der Waals surface area contributed by atoms with Gasteiger partial charge in [0.25, 0.3) is 0 Å². The number of carbonyl (C=O) groups is 1. The summed E-state index contributed by atoms with van der Waals surface area (Å²) in [7, 11) is -3.42. The molecule has 2 heterocycles. The molecule has 0 unspecified atom stereocenters. The molecule has 2 aliphatic heterocycles. The van der Waals surface area contributed by atoms with Crippen LogP contribution in [0.3, 0.4) is 0 Å². The average molecular weight is 438 g/mol. The molecule has 1 aromatic rings. The van der Waals surface area contributed by atoms with Gasteiger partial charge in [0.2, 0.25) is 15.9 Å². The normalized spacial score (nSPS) is 19.6. The lowest BCUT2D eigenvalue weighted by molar-refractivity contribution is -0.121. The van der Waals surface area contributed by atoms with Gasteiger partial charge in [-0.15, -0.1) is 0 Å². The van der Waals surface area contributed by atoms with Crippen LogP contribution in [0.15, 0.2) is 29.2 Å². The monoisotopic (exact) mass is 437 g/mol. The number of benzene rings is 1. The summed E-state index contributed by atoms with van der Waals surface area (Å²) in [6.45, 7) is 8.28. The second kappa shape index (κ2) is 11.2. The van der Waals surface area contributed by atoms with E-state index in [1.165, 1.54) is 0 Å². The smallest absolute Gasteiger partial charge is 0.243 e. The van der Waals surface area contributed by atoms with Crippen molar-refractivity contribution in [1.29, 1.82) is 0 Å². The van der Waals surface area contributed by atoms with E-state index in [9.17, 15) is 13.2 Å². The number of aryl methyl sites for hydroxylation is 1. The number of nitrogens with one attached hydrogen (secondary N) is 1. The topological polar surface area (TPSA) is 79.0 Å². The van der Waals surface area contributed by atoms with Crippen LogP contribution < -0.4 is 5.32 Å². The van der Waals surface area contributed by atoms with Gasteiger partial charge in [0.05, 0.1) is 18.1 Å². The van der Waals surface area contributed by atoms with Crippen LogP contribution in [0, 0.1) is 12.8 Å². The number of piperidine rings is 1. The molecule has 2 aliphatic rings. The van der Waals surface area contributed by atoms with E-state index in [4.69, 9.17) is 4.74 Å². The third kappa shape index (κ3) is 6.77. The first-order valence-electron chi connectivity index (χ1n) is 11.1. The quantitative estimate of drug-likeness (QED) is 0.598. The maximum absolute atomic E-state index is 12.8. The fraction of sp³-hybridized carbons (Fsp3) is 0.682. The molecule has 0 saturated carbocycles. The Bertz CT molecular complexity index is 768. The number of sulfonamides is 1. The Kier molecular flexibility index (Phi) is 8.68. The van der Waals surface area contributed by atoms with E-state index in [-0.39, 0.29) is 5.91 Å². The van der Waals surface area contributed by atoms with Gasteiger partial charge in [-0.1, -0.05) is 17.7 Å². The molecule has 7 nitrogen and oxygen atoms in total. The zero-order chi connectivity index (χ0) is 21.4. The van der Waals surface area contributed by atoms with E-state index in [1.807, 2.05) is 19.1 Å². The molecule has 0 bridgehead atoms. The minimum Gasteiger partial charge on any atom is -0.379 e. The zero-order valence-corrected chi connectivity index (χ0v) is 18.8. The summed E-state index contributed by atoms with van der Waals surface area (Å²) in [5.41, 5.74) is 1.05. The molecule has 168 valence electrons. The minimum atomic E-state index is -3.42. The number of amides is 1.